The van der Waals surface area contributed by atoms with Gasteiger partial charge < -0.3 is 16.4 Å². The van der Waals surface area contributed by atoms with Gasteiger partial charge in [0, 0.05) is 32.7 Å². The predicted molar refractivity (Wildman–Crippen MR) is 94.6 cm³/mol. The van der Waals surface area contributed by atoms with Crippen molar-refractivity contribution in [1.82, 2.24) is 9.80 Å². The maximum Gasteiger partial charge on any atom is 0.240 e. The number of hydrogen-bond acceptors (Lipinski definition) is 4. The Morgan fingerprint density at radius 2 is 1.61 bits per heavy atom. The molecule has 1 saturated heterocycles. The van der Waals surface area contributed by atoms with Crippen LogP contribution < -0.4 is 11.5 Å². The fourth-order valence-corrected chi connectivity index (χ4v) is 2.51. The highest BCUT2D eigenvalue weighted by atomic mass is 35.5. The van der Waals surface area contributed by atoms with Crippen LogP contribution in [0.25, 0.3) is 0 Å². The number of carbonyl (C=O) groups excluding carboxylic acids is 2. The van der Waals surface area contributed by atoms with Crippen molar-refractivity contribution in [1.29, 1.82) is 0 Å². The van der Waals surface area contributed by atoms with Crippen molar-refractivity contribution in [2.45, 2.75) is 19.0 Å². The Bertz CT molecular complexity index is 494. The SMILES string of the molecule is Cl.Cl.NC(=O)C[C@H](N)C(=O)N1CCN(Cc2ccccc2)CC1. The molecule has 0 aromatic heterocycles. The largest absolute Gasteiger partial charge is 0.370 e. The summed E-state index contributed by atoms with van der Waals surface area (Å²) in [5.74, 6) is -0.730. The van der Waals surface area contributed by atoms with E-state index >= 15 is 0 Å². The van der Waals surface area contributed by atoms with Crippen molar-refractivity contribution in [3.05, 3.63) is 35.9 Å². The minimum Gasteiger partial charge on any atom is -0.370 e. The molecule has 23 heavy (non-hydrogen) atoms. The molecule has 0 aliphatic carbocycles. The molecule has 130 valence electrons. The van der Waals surface area contributed by atoms with Gasteiger partial charge in [0.15, 0.2) is 0 Å². The van der Waals surface area contributed by atoms with E-state index in [9.17, 15) is 9.59 Å². The zero-order valence-corrected chi connectivity index (χ0v) is 14.5. The van der Waals surface area contributed by atoms with Crippen LogP contribution in [-0.4, -0.2) is 53.8 Å². The van der Waals surface area contributed by atoms with Gasteiger partial charge in [0.25, 0.3) is 0 Å². The molecule has 1 aromatic carbocycles. The van der Waals surface area contributed by atoms with Crippen LogP contribution in [0.15, 0.2) is 30.3 Å². The average molecular weight is 363 g/mol. The van der Waals surface area contributed by atoms with Crippen molar-refractivity contribution < 1.29 is 9.59 Å². The van der Waals surface area contributed by atoms with E-state index in [2.05, 4.69) is 17.0 Å². The van der Waals surface area contributed by atoms with E-state index in [1.165, 1.54) is 5.56 Å². The molecule has 1 heterocycles. The minimum atomic E-state index is -0.817. The van der Waals surface area contributed by atoms with Gasteiger partial charge in [-0.2, -0.15) is 0 Å². The lowest BCUT2D eigenvalue weighted by Crippen LogP contribution is -2.53. The van der Waals surface area contributed by atoms with Crippen LogP contribution in [0.5, 0.6) is 0 Å². The number of carbonyl (C=O) groups is 2. The van der Waals surface area contributed by atoms with Gasteiger partial charge in [-0.1, -0.05) is 30.3 Å². The molecule has 0 spiro atoms. The van der Waals surface area contributed by atoms with E-state index in [1.807, 2.05) is 18.2 Å². The normalized spacial score (nSPS) is 16.0. The molecule has 1 fully saturated rings. The molecule has 1 aromatic rings. The highest BCUT2D eigenvalue weighted by Gasteiger charge is 2.26. The van der Waals surface area contributed by atoms with Crippen molar-refractivity contribution in [2.24, 2.45) is 11.5 Å². The van der Waals surface area contributed by atoms with Crippen molar-refractivity contribution in [2.75, 3.05) is 26.2 Å². The van der Waals surface area contributed by atoms with Crippen LogP contribution in [0.1, 0.15) is 12.0 Å². The van der Waals surface area contributed by atoms with Gasteiger partial charge in [-0.15, -0.1) is 24.8 Å². The maximum atomic E-state index is 12.1. The molecule has 1 atom stereocenters. The van der Waals surface area contributed by atoms with Crippen molar-refractivity contribution >= 4 is 36.6 Å². The summed E-state index contributed by atoms with van der Waals surface area (Å²) >= 11 is 0. The Morgan fingerprint density at radius 3 is 2.13 bits per heavy atom. The molecule has 0 bridgehead atoms. The molecule has 1 aliphatic heterocycles. The fourth-order valence-electron chi connectivity index (χ4n) is 2.51. The van der Waals surface area contributed by atoms with E-state index in [0.29, 0.717) is 13.1 Å². The van der Waals surface area contributed by atoms with Gasteiger partial charge in [0.2, 0.25) is 11.8 Å². The third-order valence-corrected chi connectivity index (χ3v) is 3.67. The third kappa shape index (κ3) is 6.74. The van der Waals surface area contributed by atoms with Crippen LogP contribution >= 0.6 is 24.8 Å². The standard InChI is InChI=1S/C15H22N4O2.2ClH/c16-13(10-14(17)20)15(21)19-8-6-18(7-9-19)11-12-4-2-1-3-5-12;;/h1-5,13H,6-11,16H2,(H2,17,20);2*1H/t13-;;/m0../s1. The zero-order valence-electron chi connectivity index (χ0n) is 12.9. The Labute approximate surface area is 149 Å². The first-order chi connectivity index (χ1) is 10.1. The summed E-state index contributed by atoms with van der Waals surface area (Å²) < 4.78 is 0. The second-order valence-electron chi connectivity index (χ2n) is 5.36. The molecule has 1 aliphatic rings. The molecule has 0 saturated carbocycles. The Morgan fingerprint density at radius 1 is 1.04 bits per heavy atom. The molecule has 6 nitrogen and oxygen atoms in total. The highest BCUT2D eigenvalue weighted by molar-refractivity contribution is 5.87. The first kappa shape index (κ1) is 21.7. The molecule has 8 heteroatoms. The first-order valence-electron chi connectivity index (χ1n) is 7.15. The summed E-state index contributed by atoms with van der Waals surface area (Å²) in [4.78, 5) is 26.9. The van der Waals surface area contributed by atoms with E-state index in [-0.39, 0.29) is 37.1 Å². The number of piperazine rings is 1. The van der Waals surface area contributed by atoms with Crippen LogP contribution in [0.2, 0.25) is 0 Å². The quantitative estimate of drug-likeness (QED) is 0.791. The molecular weight excluding hydrogens is 339 g/mol. The number of amides is 2. The van der Waals surface area contributed by atoms with Gasteiger partial charge in [0.1, 0.15) is 0 Å². The van der Waals surface area contributed by atoms with Gasteiger partial charge >= 0.3 is 0 Å². The van der Waals surface area contributed by atoms with Crippen LogP contribution in [0.4, 0.5) is 0 Å². The molecule has 0 unspecified atom stereocenters. The Hall–Kier alpha value is -1.34. The topological polar surface area (TPSA) is 92.7 Å². The van der Waals surface area contributed by atoms with E-state index in [4.69, 9.17) is 11.5 Å². The highest BCUT2D eigenvalue weighted by Crippen LogP contribution is 2.09. The zero-order chi connectivity index (χ0) is 15.2. The number of rotatable bonds is 5. The second-order valence-corrected chi connectivity index (χ2v) is 5.36. The van der Waals surface area contributed by atoms with Gasteiger partial charge in [-0.05, 0) is 5.56 Å². The fraction of sp³-hybridized carbons (Fsp3) is 0.467. The average Bonchev–Trinajstić information content (AvgIpc) is 2.47. The smallest absolute Gasteiger partial charge is 0.240 e. The summed E-state index contributed by atoms with van der Waals surface area (Å²) in [6.45, 7) is 3.78. The summed E-state index contributed by atoms with van der Waals surface area (Å²) in [5.41, 5.74) is 12.0. The lowest BCUT2D eigenvalue weighted by atomic mass is 10.1. The number of halogens is 2. The van der Waals surface area contributed by atoms with Crippen LogP contribution in [-0.2, 0) is 16.1 Å². The summed E-state index contributed by atoms with van der Waals surface area (Å²) in [6, 6.07) is 9.43. The van der Waals surface area contributed by atoms with Crippen molar-refractivity contribution in [3.63, 3.8) is 0 Å². The molecule has 0 radical (unpaired) electrons. The molecule has 4 N–H and O–H groups in total. The van der Waals surface area contributed by atoms with Crippen LogP contribution in [0, 0.1) is 0 Å². The first-order valence-corrected chi connectivity index (χ1v) is 7.15. The van der Waals surface area contributed by atoms with E-state index in [0.717, 1.165) is 19.6 Å². The number of nitrogens with two attached hydrogens (primary N) is 2. The van der Waals surface area contributed by atoms with E-state index < -0.39 is 11.9 Å². The molecule has 2 rings (SSSR count). The third-order valence-electron chi connectivity index (χ3n) is 3.67. The number of primary amides is 1. The van der Waals surface area contributed by atoms with Gasteiger partial charge in [0.05, 0.1) is 12.5 Å². The number of benzene rings is 1. The molecular formula is C15H24Cl2N4O2. The predicted octanol–water partition coefficient (Wildman–Crippen LogP) is 0.377. The summed E-state index contributed by atoms with van der Waals surface area (Å²) in [7, 11) is 0. The Kier molecular flexibility index (Phi) is 9.83. The lowest BCUT2D eigenvalue weighted by Gasteiger charge is -2.35. The van der Waals surface area contributed by atoms with Gasteiger partial charge in [-0.3, -0.25) is 14.5 Å². The van der Waals surface area contributed by atoms with E-state index in [1.54, 1.807) is 4.90 Å². The Balaban J connectivity index is 0.00000242. The lowest BCUT2D eigenvalue weighted by molar-refractivity contribution is -0.136. The summed E-state index contributed by atoms with van der Waals surface area (Å²) in [6.07, 6.45) is -0.0942. The minimum absolute atomic E-state index is 0. The number of nitrogens with zero attached hydrogens (tertiary/aromatic N) is 2. The summed E-state index contributed by atoms with van der Waals surface area (Å²) in [5, 5.41) is 0. The maximum absolute atomic E-state index is 12.1. The van der Waals surface area contributed by atoms with Gasteiger partial charge in [-0.25, -0.2) is 0 Å². The second kappa shape index (κ2) is 10.4. The monoisotopic (exact) mass is 362 g/mol. The van der Waals surface area contributed by atoms with Crippen molar-refractivity contribution in [3.8, 4) is 0 Å². The number of hydrogen-bond donors (Lipinski definition) is 2. The van der Waals surface area contributed by atoms with Crippen LogP contribution in [0.3, 0.4) is 0 Å². The molecule has 2 amide bonds.